The Morgan fingerprint density at radius 3 is 2.30 bits per heavy atom. The Labute approximate surface area is 154 Å². The SMILES string of the molecule is CCOC(=O)c1cccc(C(=O)Nc2cc(OC)c(OC)cc2C(=O)O)n1. The van der Waals surface area contributed by atoms with Crippen molar-refractivity contribution in [3.8, 4) is 11.5 Å². The van der Waals surface area contributed by atoms with Gasteiger partial charge in [-0.2, -0.15) is 0 Å². The molecule has 9 heteroatoms. The second-order valence-corrected chi connectivity index (χ2v) is 5.14. The van der Waals surface area contributed by atoms with E-state index in [1.807, 2.05) is 0 Å². The van der Waals surface area contributed by atoms with E-state index in [9.17, 15) is 19.5 Å². The number of nitrogens with one attached hydrogen (secondary N) is 1. The Morgan fingerprint density at radius 1 is 1.07 bits per heavy atom. The first kappa shape index (κ1) is 19.7. The standard InChI is InChI=1S/C18H18N2O7/c1-4-27-18(24)12-7-5-6-11(19-12)16(21)20-13-9-15(26-3)14(25-2)8-10(13)17(22)23/h5-9H,4H2,1-3H3,(H,20,21)(H,22,23). The van der Waals surface area contributed by atoms with Gasteiger partial charge in [0.2, 0.25) is 0 Å². The van der Waals surface area contributed by atoms with Gasteiger partial charge in [-0.05, 0) is 19.1 Å². The average Bonchev–Trinajstić information content (AvgIpc) is 2.67. The molecule has 0 atom stereocenters. The van der Waals surface area contributed by atoms with Crippen LogP contribution in [-0.4, -0.2) is 48.8 Å². The maximum Gasteiger partial charge on any atom is 0.356 e. The van der Waals surface area contributed by atoms with Crippen LogP contribution in [0.5, 0.6) is 11.5 Å². The van der Waals surface area contributed by atoms with Crippen molar-refractivity contribution in [2.45, 2.75) is 6.92 Å². The first-order valence-electron chi connectivity index (χ1n) is 7.86. The predicted molar refractivity (Wildman–Crippen MR) is 94.7 cm³/mol. The Balaban J connectivity index is 2.36. The number of ether oxygens (including phenoxy) is 3. The third-order valence-corrected chi connectivity index (χ3v) is 3.47. The zero-order chi connectivity index (χ0) is 20.0. The van der Waals surface area contributed by atoms with Crippen molar-refractivity contribution in [3.05, 3.63) is 47.3 Å². The molecule has 0 saturated carbocycles. The van der Waals surface area contributed by atoms with E-state index in [0.29, 0.717) is 0 Å². The number of benzene rings is 1. The van der Waals surface area contributed by atoms with E-state index in [4.69, 9.17) is 14.2 Å². The maximum atomic E-state index is 12.5. The number of hydrogen-bond donors (Lipinski definition) is 2. The van der Waals surface area contributed by atoms with Gasteiger partial charge in [-0.15, -0.1) is 0 Å². The van der Waals surface area contributed by atoms with Gasteiger partial charge in [-0.3, -0.25) is 4.79 Å². The smallest absolute Gasteiger partial charge is 0.356 e. The molecule has 0 aliphatic rings. The fraction of sp³-hybridized carbons (Fsp3) is 0.222. The number of aromatic nitrogens is 1. The van der Waals surface area contributed by atoms with Crippen LogP contribution in [0.1, 0.15) is 38.3 Å². The lowest BCUT2D eigenvalue weighted by Crippen LogP contribution is -2.18. The molecule has 142 valence electrons. The zero-order valence-corrected chi connectivity index (χ0v) is 14.9. The van der Waals surface area contributed by atoms with Crippen molar-refractivity contribution in [2.75, 3.05) is 26.1 Å². The summed E-state index contributed by atoms with van der Waals surface area (Å²) in [4.78, 5) is 39.7. The molecule has 0 fully saturated rings. The number of nitrogens with zero attached hydrogens (tertiary/aromatic N) is 1. The normalized spacial score (nSPS) is 10.0. The summed E-state index contributed by atoms with van der Waals surface area (Å²) in [5, 5.41) is 11.8. The number of amides is 1. The van der Waals surface area contributed by atoms with Gasteiger partial charge in [-0.25, -0.2) is 14.6 Å². The number of hydrogen-bond acceptors (Lipinski definition) is 7. The maximum absolute atomic E-state index is 12.5. The molecule has 0 radical (unpaired) electrons. The Bertz CT molecular complexity index is 880. The van der Waals surface area contributed by atoms with E-state index in [-0.39, 0.29) is 40.7 Å². The number of rotatable bonds is 7. The number of carbonyl (C=O) groups excluding carboxylic acids is 2. The molecule has 0 aliphatic carbocycles. The molecule has 2 rings (SSSR count). The molecule has 1 heterocycles. The van der Waals surface area contributed by atoms with Crippen molar-refractivity contribution in [3.63, 3.8) is 0 Å². The Hall–Kier alpha value is -3.62. The summed E-state index contributed by atoms with van der Waals surface area (Å²) in [5.74, 6) is -2.18. The molecule has 0 bridgehead atoms. The highest BCUT2D eigenvalue weighted by molar-refractivity contribution is 6.07. The summed E-state index contributed by atoms with van der Waals surface area (Å²) in [6, 6.07) is 6.84. The number of carbonyl (C=O) groups is 3. The third-order valence-electron chi connectivity index (χ3n) is 3.47. The molecule has 1 aromatic carbocycles. The van der Waals surface area contributed by atoms with E-state index < -0.39 is 17.8 Å². The summed E-state index contributed by atoms with van der Waals surface area (Å²) < 4.78 is 15.0. The van der Waals surface area contributed by atoms with E-state index in [2.05, 4.69) is 10.3 Å². The van der Waals surface area contributed by atoms with Crippen molar-refractivity contribution in [1.82, 2.24) is 4.98 Å². The van der Waals surface area contributed by atoms with Crippen LogP contribution in [-0.2, 0) is 4.74 Å². The van der Waals surface area contributed by atoms with Crippen molar-refractivity contribution >= 4 is 23.5 Å². The second kappa shape index (κ2) is 8.65. The first-order valence-corrected chi connectivity index (χ1v) is 7.86. The lowest BCUT2D eigenvalue weighted by atomic mass is 10.1. The van der Waals surface area contributed by atoms with Gasteiger partial charge in [-0.1, -0.05) is 6.07 Å². The van der Waals surface area contributed by atoms with Crippen LogP contribution in [0.15, 0.2) is 30.3 Å². The molecule has 0 saturated heterocycles. The summed E-state index contributed by atoms with van der Waals surface area (Å²) in [6.45, 7) is 1.82. The Morgan fingerprint density at radius 2 is 1.70 bits per heavy atom. The average molecular weight is 374 g/mol. The monoisotopic (exact) mass is 374 g/mol. The quantitative estimate of drug-likeness (QED) is 0.707. The molecule has 2 aromatic rings. The number of esters is 1. The van der Waals surface area contributed by atoms with E-state index in [1.54, 1.807) is 6.92 Å². The number of aromatic carboxylic acids is 1. The first-order chi connectivity index (χ1) is 12.9. The van der Waals surface area contributed by atoms with E-state index >= 15 is 0 Å². The second-order valence-electron chi connectivity index (χ2n) is 5.14. The van der Waals surface area contributed by atoms with Crippen molar-refractivity contribution < 1.29 is 33.7 Å². The fourth-order valence-electron chi connectivity index (χ4n) is 2.23. The van der Waals surface area contributed by atoms with Crippen LogP contribution < -0.4 is 14.8 Å². The van der Waals surface area contributed by atoms with Crippen molar-refractivity contribution in [1.29, 1.82) is 0 Å². The molecule has 9 nitrogen and oxygen atoms in total. The highest BCUT2D eigenvalue weighted by Gasteiger charge is 2.20. The van der Waals surface area contributed by atoms with Gasteiger partial charge in [0.1, 0.15) is 11.4 Å². The summed E-state index contributed by atoms with van der Waals surface area (Å²) >= 11 is 0. The topological polar surface area (TPSA) is 124 Å². The molecular formula is C18H18N2O7. The van der Waals surface area contributed by atoms with Gasteiger partial charge < -0.3 is 24.6 Å². The number of pyridine rings is 1. The molecule has 1 aromatic heterocycles. The van der Waals surface area contributed by atoms with Gasteiger partial charge in [0.05, 0.1) is 32.1 Å². The Kier molecular flexibility index (Phi) is 6.32. The van der Waals surface area contributed by atoms with Crippen LogP contribution in [0.3, 0.4) is 0 Å². The van der Waals surface area contributed by atoms with Crippen LogP contribution in [0, 0.1) is 0 Å². The minimum atomic E-state index is -1.26. The number of carboxylic acid groups (broad SMARTS) is 1. The molecule has 27 heavy (non-hydrogen) atoms. The third kappa shape index (κ3) is 4.51. The number of methoxy groups -OCH3 is 2. The number of anilines is 1. The van der Waals surface area contributed by atoms with E-state index in [1.165, 1.54) is 44.6 Å². The molecule has 1 amide bonds. The highest BCUT2D eigenvalue weighted by atomic mass is 16.5. The molecular weight excluding hydrogens is 356 g/mol. The lowest BCUT2D eigenvalue weighted by Gasteiger charge is -2.13. The molecule has 0 unspecified atom stereocenters. The highest BCUT2D eigenvalue weighted by Crippen LogP contribution is 2.33. The molecule has 2 N–H and O–H groups in total. The van der Waals surface area contributed by atoms with Gasteiger partial charge in [0.25, 0.3) is 5.91 Å². The van der Waals surface area contributed by atoms with Crippen LogP contribution in [0.2, 0.25) is 0 Å². The van der Waals surface area contributed by atoms with Crippen LogP contribution >= 0.6 is 0 Å². The summed E-state index contributed by atoms with van der Waals surface area (Å²) in [7, 11) is 2.75. The van der Waals surface area contributed by atoms with Crippen molar-refractivity contribution in [2.24, 2.45) is 0 Å². The van der Waals surface area contributed by atoms with E-state index in [0.717, 1.165) is 0 Å². The zero-order valence-electron chi connectivity index (χ0n) is 14.9. The summed E-state index contributed by atoms with van der Waals surface area (Å²) in [6.07, 6.45) is 0. The van der Waals surface area contributed by atoms with Gasteiger partial charge in [0.15, 0.2) is 11.5 Å². The van der Waals surface area contributed by atoms with Gasteiger partial charge in [0, 0.05) is 12.1 Å². The largest absolute Gasteiger partial charge is 0.493 e. The fourth-order valence-corrected chi connectivity index (χ4v) is 2.23. The van der Waals surface area contributed by atoms with Gasteiger partial charge >= 0.3 is 11.9 Å². The molecule has 0 aliphatic heterocycles. The predicted octanol–water partition coefficient (Wildman–Crippen LogP) is 2.23. The van der Waals surface area contributed by atoms with Crippen LogP contribution in [0.4, 0.5) is 5.69 Å². The molecule has 0 spiro atoms. The minimum absolute atomic E-state index is 0.00603. The minimum Gasteiger partial charge on any atom is -0.493 e. The van der Waals surface area contributed by atoms with Crippen LogP contribution in [0.25, 0.3) is 0 Å². The number of carboxylic acids is 1. The summed E-state index contributed by atoms with van der Waals surface area (Å²) in [5.41, 5.74) is -0.307. The lowest BCUT2D eigenvalue weighted by molar-refractivity contribution is 0.0519.